The maximum absolute atomic E-state index is 12.8. The Hall–Kier alpha value is -2.49. The predicted octanol–water partition coefficient (Wildman–Crippen LogP) is 6.77. The van der Waals surface area contributed by atoms with Gasteiger partial charge in [0.05, 0.1) is 18.6 Å². The van der Waals surface area contributed by atoms with Crippen molar-refractivity contribution in [3.05, 3.63) is 96.9 Å². The van der Waals surface area contributed by atoms with Crippen molar-refractivity contribution in [3.63, 3.8) is 0 Å². The first-order chi connectivity index (χ1) is 15.9. The highest BCUT2D eigenvalue weighted by atomic mass is 127. The number of amides is 2. The summed E-state index contributed by atoms with van der Waals surface area (Å²) in [4.78, 5) is 26.9. The largest absolute Gasteiger partial charge is 0.493 e. The number of rotatable bonds is 7. The van der Waals surface area contributed by atoms with E-state index in [1.165, 1.54) is 4.90 Å². The van der Waals surface area contributed by atoms with Crippen LogP contribution in [0.3, 0.4) is 0 Å². The van der Waals surface area contributed by atoms with E-state index in [1.807, 2.05) is 54.6 Å². The van der Waals surface area contributed by atoms with Crippen LogP contribution in [0.25, 0.3) is 6.08 Å². The van der Waals surface area contributed by atoms with Crippen molar-refractivity contribution in [3.8, 4) is 11.5 Å². The van der Waals surface area contributed by atoms with Crippen LogP contribution < -0.4 is 9.47 Å². The zero-order valence-corrected chi connectivity index (χ0v) is 21.3. The van der Waals surface area contributed by atoms with Crippen molar-refractivity contribution in [2.45, 2.75) is 13.2 Å². The molecule has 0 spiro atoms. The van der Waals surface area contributed by atoms with Crippen molar-refractivity contribution >= 4 is 63.2 Å². The van der Waals surface area contributed by atoms with Gasteiger partial charge in [-0.3, -0.25) is 14.5 Å². The first kappa shape index (κ1) is 23.7. The number of methoxy groups -OCH3 is 1. The number of carbonyl (C=O) groups is 2. The summed E-state index contributed by atoms with van der Waals surface area (Å²) in [5.74, 6) is 0.817. The third-order valence-electron chi connectivity index (χ3n) is 4.92. The number of imide groups is 1. The number of hydrogen-bond acceptors (Lipinski definition) is 5. The number of carbonyl (C=O) groups excluding carboxylic acids is 2. The average Bonchev–Trinajstić information content (AvgIpc) is 3.07. The molecule has 0 bridgehead atoms. The van der Waals surface area contributed by atoms with E-state index in [9.17, 15) is 9.59 Å². The number of hydrogen-bond donors (Lipinski definition) is 0. The van der Waals surface area contributed by atoms with Gasteiger partial charge in [0.2, 0.25) is 0 Å². The van der Waals surface area contributed by atoms with E-state index in [2.05, 4.69) is 22.6 Å². The third-order valence-corrected chi connectivity index (χ3v) is 6.80. The van der Waals surface area contributed by atoms with Crippen LogP contribution in [0.2, 0.25) is 5.02 Å². The normalized spacial score (nSPS) is 14.8. The van der Waals surface area contributed by atoms with E-state index in [4.69, 9.17) is 21.1 Å². The zero-order chi connectivity index (χ0) is 23.4. The summed E-state index contributed by atoms with van der Waals surface area (Å²) in [5.41, 5.74) is 2.63. The molecule has 3 aromatic carbocycles. The van der Waals surface area contributed by atoms with Crippen molar-refractivity contribution in [1.29, 1.82) is 0 Å². The second-order valence-electron chi connectivity index (χ2n) is 7.22. The molecule has 0 saturated carbocycles. The van der Waals surface area contributed by atoms with Crippen LogP contribution in [0.15, 0.2) is 71.6 Å². The minimum atomic E-state index is -0.300. The smallest absolute Gasteiger partial charge is 0.293 e. The van der Waals surface area contributed by atoms with E-state index < -0.39 is 0 Å². The first-order valence-electron chi connectivity index (χ1n) is 9.98. The Labute approximate surface area is 214 Å². The molecule has 1 aliphatic heterocycles. The van der Waals surface area contributed by atoms with E-state index in [0.717, 1.165) is 32.0 Å². The summed E-state index contributed by atoms with van der Waals surface area (Å²) in [7, 11) is 1.56. The first-order valence-corrected chi connectivity index (χ1v) is 12.3. The lowest BCUT2D eigenvalue weighted by Crippen LogP contribution is -2.27. The van der Waals surface area contributed by atoms with Gasteiger partial charge in [0, 0.05) is 8.59 Å². The molecule has 1 heterocycles. The van der Waals surface area contributed by atoms with Crippen LogP contribution in [0, 0.1) is 3.57 Å². The zero-order valence-electron chi connectivity index (χ0n) is 17.6. The van der Waals surface area contributed by atoms with E-state index in [0.29, 0.717) is 28.0 Å². The molecular formula is C25H19ClINO4S. The summed E-state index contributed by atoms with van der Waals surface area (Å²) < 4.78 is 12.5. The summed E-state index contributed by atoms with van der Waals surface area (Å²) in [6.45, 7) is 0.615. The highest BCUT2D eigenvalue weighted by Gasteiger charge is 2.35. The number of ether oxygens (including phenoxy) is 2. The van der Waals surface area contributed by atoms with Gasteiger partial charge in [-0.25, -0.2) is 0 Å². The van der Waals surface area contributed by atoms with Crippen LogP contribution in [0.5, 0.6) is 11.5 Å². The molecule has 33 heavy (non-hydrogen) atoms. The standard InChI is InChI=1S/C25H19ClINO4S/c1-31-22-12-18(6-11-21(22)32-15-17-2-7-19(26)8-3-17)13-23-24(29)28(25(30)33-23)14-16-4-9-20(27)10-5-16/h2-13H,14-15H2,1H3/b23-13-. The Balaban J connectivity index is 1.47. The Morgan fingerprint density at radius 1 is 0.970 bits per heavy atom. The fourth-order valence-electron chi connectivity index (χ4n) is 3.19. The Morgan fingerprint density at radius 2 is 1.67 bits per heavy atom. The monoisotopic (exact) mass is 591 g/mol. The molecule has 0 unspecified atom stereocenters. The van der Waals surface area contributed by atoms with Crippen molar-refractivity contribution in [2.24, 2.45) is 0 Å². The SMILES string of the molecule is COc1cc(/C=C2\SC(=O)N(Cc3ccc(I)cc3)C2=O)ccc1OCc1ccc(Cl)cc1. The second kappa shape index (κ2) is 10.6. The van der Waals surface area contributed by atoms with Crippen LogP contribution >= 0.6 is 46.0 Å². The Kier molecular flexibility index (Phi) is 7.62. The topological polar surface area (TPSA) is 55.8 Å². The fraction of sp³-hybridized carbons (Fsp3) is 0.120. The third kappa shape index (κ3) is 5.90. The summed E-state index contributed by atoms with van der Waals surface area (Å²) in [6.07, 6.45) is 1.70. The van der Waals surface area contributed by atoms with Crippen molar-refractivity contribution in [1.82, 2.24) is 4.90 Å². The van der Waals surface area contributed by atoms with Gasteiger partial charge in [0.1, 0.15) is 6.61 Å². The molecule has 2 amide bonds. The highest BCUT2D eigenvalue weighted by Crippen LogP contribution is 2.35. The van der Waals surface area contributed by atoms with Gasteiger partial charge in [-0.15, -0.1) is 0 Å². The van der Waals surface area contributed by atoms with Gasteiger partial charge in [0.15, 0.2) is 11.5 Å². The van der Waals surface area contributed by atoms with E-state index in [-0.39, 0.29) is 17.7 Å². The molecule has 0 aromatic heterocycles. The molecule has 0 radical (unpaired) electrons. The van der Waals surface area contributed by atoms with Crippen molar-refractivity contribution in [2.75, 3.05) is 7.11 Å². The van der Waals surface area contributed by atoms with Crippen molar-refractivity contribution < 1.29 is 19.1 Å². The lowest BCUT2D eigenvalue weighted by Gasteiger charge is -2.12. The van der Waals surface area contributed by atoms with Crippen LogP contribution in [-0.2, 0) is 17.9 Å². The summed E-state index contributed by atoms with van der Waals surface area (Å²) in [5, 5.41) is 0.392. The van der Waals surface area contributed by atoms with Gasteiger partial charge >= 0.3 is 0 Å². The maximum Gasteiger partial charge on any atom is 0.293 e. The lowest BCUT2D eigenvalue weighted by atomic mass is 10.1. The van der Waals surface area contributed by atoms with Crippen LogP contribution in [-0.4, -0.2) is 23.2 Å². The molecule has 0 atom stereocenters. The van der Waals surface area contributed by atoms with Gasteiger partial charge < -0.3 is 9.47 Å². The molecule has 8 heteroatoms. The molecule has 1 saturated heterocycles. The van der Waals surface area contributed by atoms with E-state index >= 15 is 0 Å². The molecule has 4 rings (SSSR count). The summed E-state index contributed by atoms with van der Waals surface area (Å²) in [6, 6.07) is 20.6. The molecule has 5 nitrogen and oxygen atoms in total. The minimum absolute atomic E-state index is 0.250. The quantitative estimate of drug-likeness (QED) is 0.224. The average molecular weight is 592 g/mol. The summed E-state index contributed by atoms with van der Waals surface area (Å²) >= 11 is 9.08. The van der Waals surface area contributed by atoms with Gasteiger partial charge in [-0.05, 0) is 93.5 Å². The van der Waals surface area contributed by atoms with Gasteiger partial charge in [0.25, 0.3) is 11.1 Å². The Bertz CT molecular complexity index is 1210. The molecule has 0 aliphatic carbocycles. The second-order valence-corrected chi connectivity index (χ2v) is 9.90. The molecule has 3 aromatic rings. The Morgan fingerprint density at radius 3 is 2.36 bits per heavy atom. The molecule has 1 aliphatic rings. The van der Waals surface area contributed by atoms with Crippen LogP contribution in [0.4, 0.5) is 4.79 Å². The molecular weight excluding hydrogens is 573 g/mol. The number of halogens is 2. The van der Waals surface area contributed by atoms with E-state index in [1.54, 1.807) is 25.3 Å². The fourth-order valence-corrected chi connectivity index (χ4v) is 4.52. The molecule has 168 valence electrons. The maximum atomic E-state index is 12.8. The molecule has 0 N–H and O–H groups in total. The number of thioether (sulfide) groups is 1. The van der Waals surface area contributed by atoms with Gasteiger partial charge in [-0.1, -0.05) is 41.9 Å². The molecule has 1 fully saturated rings. The number of nitrogens with zero attached hydrogens (tertiary/aromatic N) is 1. The van der Waals surface area contributed by atoms with Crippen LogP contribution in [0.1, 0.15) is 16.7 Å². The predicted molar refractivity (Wildman–Crippen MR) is 139 cm³/mol. The number of benzene rings is 3. The highest BCUT2D eigenvalue weighted by molar-refractivity contribution is 14.1. The van der Waals surface area contributed by atoms with Gasteiger partial charge in [-0.2, -0.15) is 0 Å². The minimum Gasteiger partial charge on any atom is -0.493 e. The lowest BCUT2D eigenvalue weighted by molar-refractivity contribution is -0.123.